The summed E-state index contributed by atoms with van der Waals surface area (Å²) in [7, 11) is 0. The second-order valence-electron chi connectivity index (χ2n) is 6.57. The van der Waals surface area contributed by atoms with E-state index in [1.165, 1.54) is 51.6 Å². The van der Waals surface area contributed by atoms with Crippen LogP contribution in [-0.4, -0.2) is 25.2 Å². The Morgan fingerprint density at radius 3 is 1.81 bits per heavy atom. The summed E-state index contributed by atoms with van der Waals surface area (Å²) in [6, 6.07) is 1.71. The van der Waals surface area contributed by atoms with Crippen LogP contribution in [0.1, 0.15) is 38.5 Å². The largest absolute Gasteiger partial charge is 0.313 e. The van der Waals surface area contributed by atoms with Gasteiger partial charge in [0.1, 0.15) is 0 Å². The van der Waals surface area contributed by atoms with Crippen molar-refractivity contribution in [2.75, 3.05) is 13.1 Å². The van der Waals surface area contributed by atoms with Crippen molar-refractivity contribution >= 4 is 0 Å². The van der Waals surface area contributed by atoms with Crippen molar-refractivity contribution in [3.05, 3.63) is 0 Å². The van der Waals surface area contributed by atoms with Crippen molar-refractivity contribution < 1.29 is 0 Å². The van der Waals surface area contributed by atoms with Gasteiger partial charge in [0.2, 0.25) is 0 Å². The minimum Gasteiger partial charge on any atom is -0.313 e. The van der Waals surface area contributed by atoms with Gasteiger partial charge in [-0.2, -0.15) is 0 Å². The minimum absolute atomic E-state index is 0.855. The number of piperidine rings is 2. The zero-order chi connectivity index (χ0) is 10.5. The quantitative estimate of drug-likeness (QED) is 0.650. The van der Waals surface area contributed by atoms with E-state index in [1.807, 2.05) is 0 Å². The molecule has 4 rings (SSSR count). The Kier molecular flexibility index (Phi) is 2.29. The Bertz CT molecular complexity index is 226. The molecule has 90 valence electrons. The molecule has 16 heavy (non-hydrogen) atoms. The lowest BCUT2D eigenvalue weighted by Gasteiger charge is -2.57. The molecule has 2 aliphatic heterocycles. The summed E-state index contributed by atoms with van der Waals surface area (Å²) < 4.78 is 0. The van der Waals surface area contributed by atoms with Crippen molar-refractivity contribution in [3.8, 4) is 0 Å². The van der Waals surface area contributed by atoms with Crippen LogP contribution in [0.5, 0.6) is 0 Å². The fourth-order valence-electron chi connectivity index (χ4n) is 5.36. The summed E-state index contributed by atoms with van der Waals surface area (Å²) in [5.41, 5.74) is 0. The van der Waals surface area contributed by atoms with E-state index >= 15 is 0 Å². The summed E-state index contributed by atoms with van der Waals surface area (Å²) in [5.74, 6) is 4.09. The lowest BCUT2D eigenvalue weighted by molar-refractivity contribution is -0.0344. The Balaban J connectivity index is 1.67. The van der Waals surface area contributed by atoms with Crippen molar-refractivity contribution in [1.82, 2.24) is 10.6 Å². The summed E-state index contributed by atoms with van der Waals surface area (Å²) in [4.78, 5) is 0. The minimum atomic E-state index is 0.855. The molecule has 2 heterocycles. The Labute approximate surface area is 98.6 Å². The van der Waals surface area contributed by atoms with Gasteiger partial charge in [0.15, 0.2) is 0 Å². The molecule has 0 aromatic carbocycles. The van der Waals surface area contributed by atoms with Crippen LogP contribution in [0.25, 0.3) is 0 Å². The van der Waals surface area contributed by atoms with Gasteiger partial charge in [0.25, 0.3) is 0 Å². The van der Waals surface area contributed by atoms with Crippen LogP contribution in [0.2, 0.25) is 0 Å². The highest BCUT2D eigenvalue weighted by Gasteiger charge is 2.51. The molecule has 0 spiro atoms. The van der Waals surface area contributed by atoms with Crippen LogP contribution in [0.15, 0.2) is 0 Å². The number of hydrogen-bond donors (Lipinski definition) is 2. The number of hydrogen-bond acceptors (Lipinski definition) is 2. The van der Waals surface area contributed by atoms with Gasteiger partial charge in [-0.15, -0.1) is 0 Å². The predicted octanol–water partition coefficient (Wildman–Crippen LogP) is 1.76. The maximum absolute atomic E-state index is 3.87. The Morgan fingerprint density at radius 1 is 0.625 bits per heavy atom. The number of rotatable bonds is 0. The van der Waals surface area contributed by atoms with Crippen molar-refractivity contribution in [1.29, 1.82) is 0 Å². The smallest absolute Gasteiger partial charge is 0.0113 e. The topological polar surface area (TPSA) is 24.1 Å². The third-order valence-electron chi connectivity index (χ3n) is 5.93. The van der Waals surface area contributed by atoms with E-state index < -0.39 is 0 Å². The molecule has 2 saturated carbocycles. The first kappa shape index (κ1) is 9.90. The first-order valence-electron chi connectivity index (χ1n) is 7.40. The van der Waals surface area contributed by atoms with Crippen molar-refractivity contribution in [2.45, 2.75) is 50.6 Å². The molecule has 2 saturated heterocycles. The lowest BCUT2D eigenvalue weighted by atomic mass is 9.56. The standard InChI is InChI=1S/C14H24N2/c1-3-9-7-15-11-5-2-6-12-14(11)13(9)10(4-1)8-16-12/h9-16H,1-8H2. The maximum atomic E-state index is 3.87. The molecule has 4 fully saturated rings. The Morgan fingerprint density at radius 2 is 1.19 bits per heavy atom. The van der Waals surface area contributed by atoms with E-state index in [0.29, 0.717) is 0 Å². The van der Waals surface area contributed by atoms with Crippen molar-refractivity contribution in [2.24, 2.45) is 23.7 Å². The van der Waals surface area contributed by atoms with E-state index in [2.05, 4.69) is 10.6 Å². The molecule has 4 aliphatic rings. The molecular weight excluding hydrogens is 196 g/mol. The molecule has 0 radical (unpaired) electrons. The molecule has 2 N–H and O–H groups in total. The van der Waals surface area contributed by atoms with Gasteiger partial charge in [-0.05, 0) is 62.4 Å². The summed E-state index contributed by atoms with van der Waals surface area (Å²) in [6.07, 6.45) is 8.82. The highest BCUT2D eigenvalue weighted by Crippen LogP contribution is 2.48. The first-order valence-corrected chi connectivity index (χ1v) is 7.40. The molecule has 4 unspecified atom stereocenters. The van der Waals surface area contributed by atoms with E-state index in [1.54, 1.807) is 0 Å². The molecule has 4 atom stereocenters. The molecular formula is C14H24N2. The SMILES string of the molecule is C1CC2CNC3CCCC4NCC(C1)C2C34. The Hall–Kier alpha value is -0.0800. The van der Waals surface area contributed by atoms with Gasteiger partial charge in [-0.1, -0.05) is 12.8 Å². The average Bonchev–Trinajstić information content (AvgIpc) is 2.36. The summed E-state index contributed by atoms with van der Waals surface area (Å²) in [6.45, 7) is 2.66. The van der Waals surface area contributed by atoms with Gasteiger partial charge in [-0.3, -0.25) is 0 Å². The van der Waals surface area contributed by atoms with Gasteiger partial charge >= 0.3 is 0 Å². The normalized spacial score (nSPS) is 55.5. The molecule has 2 nitrogen and oxygen atoms in total. The monoisotopic (exact) mass is 220 g/mol. The zero-order valence-electron chi connectivity index (χ0n) is 10.1. The van der Waals surface area contributed by atoms with Crippen LogP contribution in [0.4, 0.5) is 0 Å². The molecule has 2 aliphatic carbocycles. The molecule has 0 bridgehead atoms. The number of nitrogens with one attached hydrogen (secondary N) is 2. The molecule has 2 heteroatoms. The molecule has 0 aromatic rings. The fourth-order valence-corrected chi connectivity index (χ4v) is 5.36. The van der Waals surface area contributed by atoms with Gasteiger partial charge in [0.05, 0.1) is 0 Å². The van der Waals surface area contributed by atoms with E-state index in [9.17, 15) is 0 Å². The maximum Gasteiger partial charge on any atom is 0.0113 e. The second kappa shape index (κ2) is 3.71. The van der Waals surface area contributed by atoms with Crippen LogP contribution in [0.3, 0.4) is 0 Å². The van der Waals surface area contributed by atoms with E-state index in [4.69, 9.17) is 0 Å². The van der Waals surface area contributed by atoms with Crippen LogP contribution < -0.4 is 10.6 Å². The summed E-state index contributed by atoms with van der Waals surface area (Å²) in [5, 5.41) is 7.73. The van der Waals surface area contributed by atoms with Gasteiger partial charge in [-0.25, -0.2) is 0 Å². The highest BCUT2D eigenvalue weighted by molar-refractivity contribution is 5.05. The fraction of sp³-hybridized carbons (Fsp3) is 1.00. The lowest BCUT2D eigenvalue weighted by Crippen LogP contribution is -2.66. The van der Waals surface area contributed by atoms with Crippen molar-refractivity contribution in [3.63, 3.8) is 0 Å². The predicted molar refractivity (Wildman–Crippen MR) is 65.2 cm³/mol. The highest BCUT2D eigenvalue weighted by atomic mass is 15.0. The van der Waals surface area contributed by atoms with Crippen LogP contribution in [0, 0.1) is 23.7 Å². The first-order chi connectivity index (χ1) is 7.93. The third kappa shape index (κ3) is 1.32. The second-order valence-corrected chi connectivity index (χ2v) is 6.57. The summed E-state index contributed by atoms with van der Waals surface area (Å²) >= 11 is 0. The molecule has 0 aromatic heterocycles. The third-order valence-corrected chi connectivity index (χ3v) is 5.93. The van der Waals surface area contributed by atoms with Gasteiger partial charge < -0.3 is 10.6 Å². The van der Waals surface area contributed by atoms with E-state index in [-0.39, 0.29) is 0 Å². The van der Waals surface area contributed by atoms with Crippen LogP contribution in [-0.2, 0) is 0 Å². The van der Waals surface area contributed by atoms with E-state index in [0.717, 1.165) is 35.8 Å². The zero-order valence-corrected chi connectivity index (χ0v) is 10.1. The van der Waals surface area contributed by atoms with Crippen LogP contribution >= 0.6 is 0 Å². The molecule has 0 amide bonds. The van der Waals surface area contributed by atoms with Gasteiger partial charge in [0, 0.05) is 12.1 Å². The average molecular weight is 220 g/mol.